The molecular weight excluding hydrogens is 350 g/mol. The lowest BCUT2D eigenvalue weighted by Gasteiger charge is -2.36. The van der Waals surface area contributed by atoms with Gasteiger partial charge in [0.1, 0.15) is 0 Å². The standard InChI is InChI=1S/C23H25N3O2/c1-16(27)25-21-8-4-5-9-22(21)26(23(25)28)19-10-12-24(13-11-19)20-14-17-6-2-3-7-18(17)15-20/h2-9,19-20H,10-15H2,1H3. The second-order valence-electron chi connectivity index (χ2n) is 8.09. The number of imidazole rings is 1. The Morgan fingerprint density at radius 1 is 0.857 bits per heavy atom. The molecule has 1 aliphatic heterocycles. The number of hydrogen-bond acceptors (Lipinski definition) is 3. The normalized spacial score (nSPS) is 18.6. The Hall–Kier alpha value is -2.66. The van der Waals surface area contributed by atoms with Crippen LogP contribution in [0.4, 0.5) is 0 Å². The van der Waals surface area contributed by atoms with E-state index in [-0.39, 0.29) is 17.6 Å². The maximum atomic E-state index is 13.0. The average molecular weight is 375 g/mol. The minimum absolute atomic E-state index is 0.151. The number of benzene rings is 2. The zero-order valence-corrected chi connectivity index (χ0v) is 16.2. The summed E-state index contributed by atoms with van der Waals surface area (Å²) >= 11 is 0. The van der Waals surface area contributed by atoms with Crippen LogP contribution < -0.4 is 5.69 Å². The predicted octanol–water partition coefficient (Wildman–Crippen LogP) is 3.27. The molecule has 28 heavy (non-hydrogen) atoms. The van der Waals surface area contributed by atoms with Gasteiger partial charge in [0.2, 0.25) is 5.91 Å². The van der Waals surface area contributed by atoms with Crippen molar-refractivity contribution in [2.24, 2.45) is 0 Å². The van der Waals surface area contributed by atoms with Crippen molar-refractivity contribution in [2.75, 3.05) is 13.1 Å². The van der Waals surface area contributed by atoms with E-state index in [1.165, 1.54) is 22.6 Å². The third-order valence-corrected chi connectivity index (χ3v) is 6.50. The van der Waals surface area contributed by atoms with E-state index in [2.05, 4.69) is 29.2 Å². The van der Waals surface area contributed by atoms with Crippen LogP contribution in [0.5, 0.6) is 0 Å². The van der Waals surface area contributed by atoms with Gasteiger partial charge in [0.05, 0.1) is 11.0 Å². The largest absolute Gasteiger partial charge is 0.336 e. The van der Waals surface area contributed by atoms with Crippen LogP contribution in [-0.2, 0) is 12.8 Å². The lowest BCUT2D eigenvalue weighted by molar-refractivity contribution is 0.0934. The second kappa shape index (κ2) is 6.74. The summed E-state index contributed by atoms with van der Waals surface area (Å²) in [6.07, 6.45) is 4.15. The Labute approximate surface area is 164 Å². The van der Waals surface area contributed by atoms with Crippen molar-refractivity contribution >= 4 is 16.9 Å². The molecule has 0 amide bonds. The molecule has 144 valence electrons. The Balaban J connectivity index is 1.38. The molecule has 1 saturated heterocycles. The molecule has 5 nitrogen and oxygen atoms in total. The summed E-state index contributed by atoms with van der Waals surface area (Å²) in [5, 5.41) is 0. The van der Waals surface area contributed by atoms with Crippen molar-refractivity contribution in [1.29, 1.82) is 0 Å². The molecule has 0 saturated carbocycles. The Kier molecular flexibility index (Phi) is 4.20. The number of hydrogen-bond donors (Lipinski definition) is 0. The first kappa shape index (κ1) is 17.4. The molecule has 5 heteroatoms. The van der Waals surface area contributed by atoms with Gasteiger partial charge in [0.25, 0.3) is 0 Å². The first-order valence-corrected chi connectivity index (χ1v) is 10.2. The van der Waals surface area contributed by atoms with Crippen LogP contribution in [0.2, 0.25) is 0 Å². The van der Waals surface area contributed by atoms with Crippen LogP contribution in [0, 0.1) is 0 Å². The molecule has 1 fully saturated rings. The van der Waals surface area contributed by atoms with E-state index in [4.69, 9.17) is 0 Å². The van der Waals surface area contributed by atoms with Crippen LogP contribution in [0.15, 0.2) is 53.3 Å². The number of para-hydroxylation sites is 2. The molecule has 0 N–H and O–H groups in total. The van der Waals surface area contributed by atoms with Gasteiger partial charge in [-0.1, -0.05) is 36.4 Å². The quantitative estimate of drug-likeness (QED) is 0.691. The monoisotopic (exact) mass is 375 g/mol. The molecule has 0 spiro atoms. The summed E-state index contributed by atoms with van der Waals surface area (Å²) < 4.78 is 3.17. The van der Waals surface area contributed by atoms with Crippen LogP contribution >= 0.6 is 0 Å². The lowest BCUT2D eigenvalue weighted by atomic mass is 10.0. The minimum Gasteiger partial charge on any atom is -0.300 e. The van der Waals surface area contributed by atoms with E-state index >= 15 is 0 Å². The summed E-state index contributed by atoms with van der Waals surface area (Å²) in [6, 6.07) is 17.1. The maximum Gasteiger partial charge on any atom is 0.336 e. The number of nitrogens with zero attached hydrogens (tertiary/aromatic N) is 3. The third kappa shape index (κ3) is 2.73. The lowest BCUT2D eigenvalue weighted by Crippen LogP contribution is -2.43. The molecule has 0 bridgehead atoms. The highest BCUT2D eigenvalue weighted by atomic mass is 16.2. The smallest absolute Gasteiger partial charge is 0.300 e. The first-order chi connectivity index (χ1) is 13.6. The zero-order valence-electron chi connectivity index (χ0n) is 16.2. The van der Waals surface area contributed by atoms with E-state index in [1.54, 1.807) is 0 Å². The zero-order chi connectivity index (χ0) is 19.3. The molecule has 1 aromatic heterocycles. The summed E-state index contributed by atoms with van der Waals surface area (Å²) in [4.78, 5) is 27.6. The summed E-state index contributed by atoms with van der Waals surface area (Å²) in [7, 11) is 0. The van der Waals surface area contributed by atoms with Gasteiger partial charge >= 0.3 is 5.69 Å². The molecule has 1 aliphatic carbocycles. The van der Waals surface area contributed by atoms with Gasteiger partial charge in [-0.25, -0.2) is 9.36 Å². The summed E-state index contributed by atoms with van der Waals surface area (Å²) in [5.74, 6) is -0.221. The minimum atomic E-state index is -0.221. The SMILES string of the molecule is CC(=O)n1c(=O)n(C2CCN(C3Cc4ccccc4C3)CC2)c2ccccc21. The molecular formula is C23H25N3O2. The van der Waals surface area contributed by atoms with E-state index in [9.17, 15) is 9.59 Å². The van der Waals surface area contributed by atoms with Crippen molar-refractivity contribution in [3.63, 3.8) is 0 Å². The van der Waals surface area contributed by atoms with Gasteiger partial charge in [-0.3, -0.25) is 14.3 Å². The average Bonchev–Trinajstić information content (AvgIpc) is 3.26. The molecule has 0 unspecified atom stereocenters. The van der Waals surface area contributed by atoms with E-state index in [0.29, 0.717) is 11.6 Å². The Morgan fingerprint density at radius 2 is 1.43 bits per heavy atom. The van der Waals surface area contributed by atoms with Crippen molar-refractivity contribution in [3.8, 4) is 0 Å². The van der Waals surface area contributed by atoms with Crippen molar-refractivity contribution in [2.45, 2.75) is 44.7 Å². The fourth-order valence-electron chi connectivity index (χ4n) is 5.13. The van der Waals surface area contributed by atoms with E-state index in [0.717, 1.165) is 44.3 Å². The second-order valence-corrected chi connectivity index (χ2v) is 8.09. The topological polar surface area (TPSA) is 47.2 Å². The molecule has 3 aromatic rings. The van der Waals surface area contributed by atoms with Crippen molar-refractivity contribution < 1.29 is 4.79 Å². The number of rotatable bonds is 2. The van der Waals surface area contributed by atoms with Crippen molar-refractivity contribution in [3.05, 3.63) is 70.1 Å². The maximum absolute atomic E-state index is 13.0. The van der Waals surface area contributed by atoms with Crippen molar-refractivity contribution in [1.82, 2.24) is 14.0 Å². The molecule has 5 rings (SSSR count). The van der Waals surface area contributed by atoms with Gasteiger partial charge in [-0.05, 0) is 48.9 Å². The fourth-order valence-corrected chi connectivity index (χ4v) is 5.13. The van der Waals surface area contributed by atoms with E-state index < -0.39 is 0 Å². The fraction of sp³-hybridized carbons (Fsp3) is 0.391. The predicted molar refractivity (Wildman–Crippen MR) is 110 cm³/mol. The number of likely N-dealkylation sites (tertiary alicyclic amines) is 1. The van der Waals surface area contributed by atoms with Gasteiger partial charge in [0.15, 0.2) is 0 Å². The first-order valence-electron chi connectivity index (χ1n) is 10.2. The van der Waals surface area contributed by atoms with Gasteiger partial charge in [-0.2, -0.15) is 0 Å². The number of carbonyl (C=O) groups is 1. The molecule has 2 aliphatic rings. The van der Waals surface area contributed by atoms with Crippen LogP contribution in [-0.4, -0.2) is 39.1 Å². The number of aromatic nitrogens is 2. The van der Waals surface area contributed by atoms with Crippen LogP contribution in [0.1, 0.15) is 41.7 Å². The molecule has 0 atom stereocenters. The summed E-state index contributed by atoms with van der Waals surface area (Å²) in [6.45, 7) is 3.45. The third-order valence-electron chi connectivity index (χ3n) is 6.50. The number of fused-ring (bicyclic) bond motifs is 2. The van der Waals surface area contributed by atoms with Crippen LogP contribution in [0.25, 0.3) is 11.0 Å². The Bertz CT molecular complexity index is 1080. The Morgan fingerprint density at radius 3 is 2.04 bits per heavy atom. The van der Waals surface area contributed by atoms with Gasteiger partial charge in [0, 0.05) is 32.1 Å². The summed E-state index contributed by atoms with van der Waals surface area (Å²) in [5.41, 5.74) is 4.36. The number of carbonyl (C=O) groups excluding carboxylic acids is 1. The molecule has 2 heterocycles. The van der Waals surface area contributed by atoms with Crippen LogP contribution in [0.3, 0.4) is 0 Å². The highest BCUT2D eigenvalue weighted by molar-refractivity contribution is 5.89. The number of piperidine rings is 1. The van der Waals surface area contributed by atoms with Gasteiger partial charge < -0.3 is 0 Å². The molecule has 0 radical (unpaired) electrons. The van der Waals surface area contributed by atoms with Gasteiger partial charge in [-0.15, -0.1) is 0 Å². The highest BCUT2D eigenvalue weighted by Crippen LogP contribution is 2.31. The molecule has 2 aromatic carbocycles. The highest BCUT2D eigenvalue weighted by Gasteiger charge is 2.31. The van der Waals surface area contributed by atoms with E-state index in [1.807, 2.05) is 28.8 Å².